The third-order valence-corrected chi connectivity index (χ3v) is 5.30. The molecular weight excluding hydrogens is 296 g/mol. The molecule has 0 N–H and O–H groups in total. The Morgan fingerprint density at radius 2 is 1.91 bits per heavy atom. The van der Waals surface area contributed by atoms with Crippen molar-refractivity contribution in [3.8, 4) is 0 Å². The zero-order valence-corrected chi connectivity index (χ0v) is 14.6. The molecule has 2 atom stereocenters. The minimum absolute atomic E-state index is 0.0875. The van der Waals surface area contributed by atoms with Crippen LogP contribution in [0.2, 0.25) is 0 Å². The molecular formula is C17H22N2O2S. The summed E-state index contributed by atoms with van der Waals surface area (Å²) in [6.07, 6.45) is 0.175. The molecule has 1 aliphatic rings. The summed E-state index contributed by atoms with van der Waals surface area (Å²) in [5.74, 6) is 0.111. The number of ether oxygens (including phenoxy) is 1. The van der Waals surface area contributed by atoms with E-state index in [-0.39, 0.29) is 18.1 Å². The van der Waals surface area contributed by atoms with Gasteiger partial charge in [-0.15, -0.1) is 11.3 Å². The van der Waals surface area contributed by atoms with Crippen LogP contribution in [0.1, 0.15) is 40.3 Å². The van der Waals surface area contributed by atoms with Crippen LogP contribution in [0.3, 0.4) is 0 Å². The molecule has 0 bridgehead atoms. The molecule has 2 unspecified atom stereocenters. The third kappa shape index (κ3) is 2.63. The number of morpholine rings is 1. The predicted molar refractivity (Wildman–Crippen MR) is 89.7 cm³/mol. The lowest BCUT2D eigenvalue weighted by molar-refractivity contribution is -0.0585. The van der Waals surface area contributed by atoms with Gasteiger partial charge in [-0.05, 0) is 51.8 Å². The van der Waals surface area contributed by atoms with Crippen LogP contribution in [0.5, 0.6) is 0 Å². The SMILES string of the molecule is Cc1cc(C)c2c(C)c(C(=O)N3CC(C)OC(C)C3)sc2n1. The van der Waals surface area contributed by atoms with Crippen molar-refractivity contribution in [2.45, 2.75) is 46.8 Å². The molecule has 22 heavy (non-hydrogen) atoms. The quantitative estimate of drug-likeness (QED) is 0.808. The Hall–Kier alpha value is -1.46. The number of hydrogen-bond acceptors (Lipinski definition) is 4. The number of hydrogen-bond donors (Lipinski definition) is 0. The van der Waals surface area contributed by atoms with E-state index in [0.29, 0.717) is 13.1 Å². The number of pyridine rings is 1. The maximum absolute atomic E-state index is 12.9. The number of nitrogens with zero attached hydrogens (tertiary/aromatic N) is 2. The van der Waals surface area contributed by atoms with Gasteiger partial charge in [-0.25, -0.2) is 4.98 Å². The lowest BCUT2D eigenvalue weighted by Crippen LogP contribution is -2.48. The van der Waals surface area contributed by atoms with Gasteiger partial charge in [-0.1, -0.05) is 0 Å². The molecule has 3 rings (SSSR count). The minimum Gasteiger partial charge on any atom is -0.372 e. The van der Waals surface area contributed by atoms with Crippen molar-refractivity contribution in [2.24, 2.45) is 0 Å². The fourth-order valence-corrected chi connectivity index (χ4v) is 4.58. The van der Waals surface area contributed by atoms with Gasteiger partial charge in [0, 0.05) is 24.2 Å². The standard InChI is InChI=1S/C17H22N2O2S/c1-9-6-10(2)18-16-14(9)13(5)15(22-16)17(20)19-7-11(3)21-12(4)8-19/h6,11-12H,7-8H2,1-5H3. The maximum Gasteiger partial charge on any atom is 0.264 e. The third-order valence-electron chi connectivity index (χ3n) is 4.13. The first-order valence-corrected chi connectivity index (χ1v) is 8.50. The number of aryl methyl sites for hydroxylation is 3. The average Bonchev–Trinajstić information content (AvgIpc) is 2.73. The second-order valence-electron chi connectivity index (χ2n) is 6.28. The lowest BCUT2D eigenvalue weighted by Gasteiger charge is -2.35. The van der Waals surface area contributed by atoms with Crippen LogP contribution < -0.4 is 0 Å². The van der Waals surface area contributed by atoms with E-state index in [1.165, 1.54) is 16.9 Å². The van der Waals surface area contributed by atoms with Crippen molar-refractivity contribution in [2.75, 3.05) is 13.1 Å². The molecule has 0 saturated carbocycles. The number of amides is 1. The Morgan fingerprint density at radius 3 is 2.55 bits per heavy atom. The number of carbonyl (C=O) groups is 1. The molecule has 0 aromatic carbocycles. The second kappa shape index (κ2) is 5.63. The van der Waals surface area contributed by atoms with E-state index in [2.05, 4.69) is 18.0 Å². The van der Waals surface area contributed by atoms with E-state index in [1.54, 1.807) is 0 Å². The molecule has 0 aliphatic carbocycles. The summed E-state index contributed by atoms with van der Waals surface area (Å²) >= 11 is 1.51. The lowest BCUT2D eigenvalue weighted by atomic mass is 10.1. The minimum atomic E-state index is 0.0875. The molecule has 2 aromatic heterocycles. The van der Waals surface area contributed by atoms with Gasteiger partial charge >= 0.3 is 0 Å². The van der Waals surface area contributed by atoms with Gasteiger partial charge in [0.15, 0.2) is 0 Å². The number of thiophene rings is 1. The Morgan fingerprint density at radius 1 is 1.27 bits per heavy atom. The smallest absolute Gasteiger partial charge is 0.264 e. The van der Waals surface area contributed by atoms with Crippen LogP contribution in [0.25, 0.3) is 10.2 Å². The molecule has 5 heteroatoms. The van der Waals surface area contributed by atoms with E-state index >= 15 is 0 Å². The molecule has 0 radical (unpaired) electrons. The Labute approximate surface area is 135 Å². The molecule has 3 heterocycles. The van der Waals surface area contributed by atoms with Crippen molar-refractivity contribution in [1.29, 1.82) is 0 Å². The van der Waals surface area contributed by atoms with Crippen LogP contribution in [0.15, 0.2) is 6.07 Å². The van der Waals surface area contributed by atoms with Gasteiger partial charge in [0.05, 0.1) is 17.1 Å². The molecule has 118 valence electrons. The maximum atomic E-state index is 12.9. The highest BCUT2D eigenvalue weighted by atomic mass is 32.1. The van der Waals surface area contributed by atoms with Gasteiger partial charge < -0.3 is 9.64 Å². The Kier molecular flexibility index (Phi) is 3.95. The van der Waals surface area contributed by atoms with E-state index in [9.17, 15) is 4.79 Å². The van der Waals surface area contributed by atoms with Crippen molar-refractivity contribution in [1.82, 2.24) is 9.88 Å². The molecule has 1 amide bonds. The Balaban J connectivity index is 2.01. The van der Waals surface area contributed by atoms with Crippen LogP contribution in [-0.2, 0) is 4.74 Å². The largest absolute Gasteiger partial charge is 0.372 e. The fourth-order valence-electron chi connectivity index (χ4n) is 3.31. The summed E-state index contributed by atoms with van der Waals surface area (Å²) in [5.41, 5.74) is 3.25. The zero-order chi connectivity index (χ0) is 16.0. The normalized spacial score (nSPS) is 22.3. The van der Waals surface area contributed by atoms with Crippen LogP contribution in [0.4, 0.5) is 0 Å². The molecule has 4 nitrogen and oxygen atoms in total. The zero-order valence-electron chi connectivity index (χ0n) is 13.8. The van der Waals surface area contributed by atoms with Crippen LogP contribution >= 0.6 is 11.3 Å². The highest BCUT2D eigenvalue weighted by Gasteiger charge is 2.29. The highest BCUT2D eigenvalue weighted by Crippen LogP contribution is 2.33. The first kappa shape index (κ1) is 15.4. The summed E-state index contributed by atoms with van der Waals surface area (Å²) in [6, 6.07) is 2.08. The monoisotopic (exact) mass is 318 g/mol. The van der Waals surface area contributed by atoms with E-state index < -0.39 is 0 Å². The predicted octanol–water partition coefficient (Wildman–Crippen LogP) is 3.47. The average molecular weight is 318 g/mol. The van der Waals surface area contributed by atoms with Gasteiger partial charge in [-0.2, -0.15) is 0 Å². The number of carbonyl (C=O) groups excluding carboxylic acids is 1. The number of rotatable bonds is 1. The van der Waals surface area contributed by atoms with Crippen LogP contribution in [0, 0.1) is 20.8 Å². The van der Waals surface area contributed by atoms with E-state index in [0.717, 1.165) is 26.4 Å². The summed E-state index contributed by atoms with van der Waals surface area (Å²) in [5, 5.41) is 1.13. The van der Waals surface area contributed by atoms with Crippen molar-refractivity contribution < 1.29 is 9.53 Å². The fraction of sp³-hybridized carbons (Fsp3) is 0.529. The molecule has 1 aliphatic heterocycles. The van der Waals surface area contributed by atoms with Crippen LogP contribution in [-0.4, -0.2) is 41.1 Å². The highest BCUT2D eigenvalue weighted by molar-refractivity contribution is 7.20. The van der Waals surface area contributed by atoms with E-state index in [4.69, 9.17) is 4.74 Å². The topological polar surface area (TPSA) is 42.4 Å². The second-order valence-corrected chi connectivity index (χ2v) is 7.28. The number of fused-ring (bicyclic) bond motifs is 1. The van der Waals surface area contributed by atoms with Gasteiger partial charge in [0.2, 0.25) is 0 Å². The molecule has 0 spiro atoms. The number of aromatic nitrogens is 1. The molecule has 1 saturated heterocycles. The molecule has 2 aromatic rings. The van der Waals surface area contributed by atoms with Gasteiger partial charge in [0.1, 0.15) is 4.83 Å². The van der Waals surface area contributed by atoms with Gasteiger partial charge in [0.25, 0.3) is 5.91 Å². The van der Waals surface area contributed by atoms with Crippen molar-refractivity contribution in [3.63, 3.8) is 0 Å². The first-order chi connectivity index (χ1) is 10.4. The van der Waals surface area contributed by atoms with E-state index in [1.807, 2.05) is 32.6 Å². The summed E-state index contributed by atoms with van der Waals surface area (Å²) in [4.78, 5) is 21.2. The first-order valence-electron chi connectivity index (χ1n) is 7.69. The van der Waals surface area contributed by atoms with Crippen molar-refractivity contribution in [3.05, 3.63) is 27.8 Å². The summed E-state index contributed by atoms with van der Waals surface area (Å²) < 4.78 is 5.72. The summed E-state index contributed by atoms with van der Waals surface area (Å²) in [7, 11) is 0. The molecule has 1 fully saturated rings. The van der Waals surface area contributed by atoms with Gasteiger partial charge in [-0.3, -0.25) is 4.79 Å². The summed E-state index contributed by atoms with van der Waals surface area (Å²) in [6.45, 7) is 11.5. The Bertz CT molecular complexity index is 728. The van der Waals surface area contributed by atoms with Crippen molar-refractivity contribution >= 4 is 27.5 Å².